The van der Waals surface area contributed by atoms with Gasteiger partial charge in [0, 0.05) is 16.7 Å². The second-order valence-corrected chi connectivity index (χ2v) is 7.61. The van der Waals surface area contributed by atoms with Crippen LogP contribution in [0.4, 0.5) is 8.78 Å². The van der Waals surface area contributed by atoms with Crippen molar-refractivity contribution in [1.82, 2.24) is 0 Å². The molecule has 0 nitrogen and oxygen atoms in total. The third kappa shape index (κ3) is 2.37. The minimum atomic E-state index is -0.317. The van der Waals surface area contributed by atoms with E-state index in [1.54, 1.807) is 24.3 Å². The molecule has 0 spiro atoms. The Bertz CT molecular complexity index is 1550. The summed E-state index contributed by atoms with van der Waals surface area (Å²) in [6.07, 6.45) is 0. The van der Waals surface area contributed by atoms with E-state index in [9.17, 15) is 8.78 Å². The molecule has 6 aromatic rings. The van der Waals surface area contributed by atoms with E-state index in [2.05, 4.69) is 30.3 Å². The van der Waals surface area contributed by atoms with Gasteiger partial charge in [0.15, 0.2) is 0 Å². The van der Waals surface area contributed by atoms with Gasteiger partial charge in [-0.25, -0.2) is 8.78 Å². The molecule has 0 aliphatic rings. The van der Waals surface area contributed by atoms with E-state index in [4.69, 9.17) is 0 Å². The Kier molecular flexibility index (Phi) is 3.63. The van der Waals surface area contributed by atoms with Gasteiger partial charge < -0.3 is 0 Å². The summed E-state index contributed by atoms with van der Waals surface area (Å²) >= 11 is 0. The average Bonchev–Trinajstić information content (AvgIpc) is 2.78. The minimum Gasteiger partial charge on any atom is -0.206 e. The van der Waals surface area contributed by atoms with E-state index < -0.39 is 0 Å². The second kappa shape index (κ2) is 6.36. The lowest BCUT2D eigenvalue weighted by Crippen LogP contribution is -1.95. The molecular formula is C28H16F2. The predicted molar refractivity (Wildman–Crippen MR) is 121 cm³/mol. The molecule has 6 aromatic carbocycles. The van der Waals surface area contributed by atoms with Crippen molar-refractivity contribution in [3.05, 3.63) is 109 Å². The maximum Gasteiger partial charge on any atom is 0.131 e. The Labute approximate surface area is 172 Å². The summed E-state index contributed by atoms with van der Waals surface area (Å²) in [6.45, 7) is 0. The predicted octanol–water partition coefficient (Wildman–Crippen LogP) is 8.20. The number of rotatable bonds is 2. The van der Waals surface area contributed by atoms with Crippen LogP contribution in [-0.2, 0) is 0 Å². The maximum atomic E-state index is 15.0. The fraction of sp³-hybridized carbons (Fsp3) is 0. The van der Waals surface area contributed by atoms with E-state index in [1.165, 1.54) is 12.1 Å². The molecule has 0 heterocycles. The molecule has 0 aliphatic heterocycles. The first-order valence-electron chi connectivity index (χ1n) is 9.93. The van der Waals surface area contributed by atoms with Gasteiger partial charge in [0.25, 0.3) is 0 Å². The largest absolute Gasteiger partial charge is 0.206 e. The molecule has 0 aromatic heterocycles. The molecule has 0 aliphatic carbocycles. The SMILES string of the molecule is Fc1ccccc1-c1cc2ccc3cccc4ccc(c1-c1ccccc1F)c2c34. The fourth-order valence-electron chi connectivity index (χ4n) is 4.66. The Hall–Kier alpha value is -3.78. The standard InChI is InChI=1S/C28H16F2/c29-24-10-3-1-8-20(24)23-16-19-13-12-17-6-5-7-18-14-15-22(27(19)26(17)18)28(23)21-9-2-4-11-25(21)30/h1-16H. The first-order chi connectivity index (χ1) is 14.7. The van der Waals surface area contributed by atoms with Gasteiger partial charge in [-0.15, -0.1) is 0 Å². The van der Waals surface area contributed by atoms with Gasteiger partial charge in [-0.3, -0.25) is 0 Å². The smallest absolute Gasteiger partial charge is 0.131 e. The van der Waals surface area contributed by atoms with Crippen LogP contribution in [0.5, 0.6) is 0 Å². The first kappa shape index (κ1) is 17.1. The minimum absolute atomic E-state index is 0.315. The van der Waals surface area contributed by atoms with Crippen LogP contribution in [-0.4, -0.2) is 0 Å². The zero-order valence-electron chi connectivity index (χ0n) is 16.0. The maximum absolute atomic E-state index is 15.0. The quantitative estimate of drug-likeness (QED) is 0.261. The zero-order valence-corrected chi connectivity index (χ0v) is 16.0. The van der Waals surface area contributed by atoms with Gasteiger partial charge in [0.2, 0.25) is 0 Å². The molecule has 0 bridgehead atoms. The topological polar surface area (TPSA) is 0 Å². The molecule has 0 saturated carbocycles. The summed E-state index contributed by atoms with van der Waals surface area (Å²) in [5.74, 6) is -0.631. The van der Waals surface area contributed by atoms with Crippen molar-refractivity contribution < 1.29 is 8.78 Å². The van der Waals surface area contributed by atoms with Gasteiger partial charge >= 0.3 is 0 Å². The molecule has 0 amide bonds. The van der Waals surface area contributed by atoms with Gasteiger partial charge in [-0.05, 0) is 56.1 Å². The van der Waals surface area contributed by atoms with Crippen molar-refractivity contribution in [3.63, 3.8) is 0 Å². The van der Waals surface area contributed by atoms with Crippen LogP contribution in [0.25, 0.3) is 54.6 Å². The summed E-state index contributed by atoms with van der Waals surface area (Å²) in [6, 6.07) is 29.9. The Balaban J connectivity index is 1.88. The molecule has 0 saturated heterocycles. The van der Waals surface area contributed by atoms with Gasteiger partial charge in [-0.2, -0.15) is 0 Å². The van der Waals surface area contributed by atoms with Crippen molar-refractivity contribution in [3.8, 4) is 22.3 Å². The molecular weight excluding hydrogens is 374 g/mol. The zero-order chi connectivity index (χ0) is 20.2. The number of hydrogen-bond acceptors (Lipinski definition) is 0. The van der Waals surface area contributed by atoms with Gasteiger partial charge in [-0.1, -0.05) is 78.9 Å². The van der Waals surface area contributed by atoms with Gasteiger partial charge in [0.05, 0.1) is 0 Å². The monoisotopic (exact) mass is 390 g/mol. The first-order valence-corrected chi connectivity index (χ1v) is 9.93. The van der Waals surface area contributed by atoms with Gasteiger partial charge in [0.1, 0.15) is 11.6 Å². The lowest BCUT2D eigenvalue weighted by molar-refractivity contribution is 0.629. The highest BCUT2D eigenvalue weighted by atomic mass is 19.1. The Morgan fingerprint density at radius 1 is 0.433 bits per heavy atom. The van der Waals surface area contributed by atoms with Crippen molar-refractivity contribution in [2.75, 3.05) is 0 Å². The second-order valence-electron chi connectivity index (χ2n) is 7.61. The summed E-state index contributed by atoms with van der Waals surface area (Å²) in [4.78, 5) is 0. The lowest BCUT2D eigenvalue weighted by Gasteiger charge is -2.19. The number of hydrogen-bond donors (Lipinski definition) is 0. The normalized spacial score (nSPS) is 11.7. The van der Waals surface area contributed by atoms with Crippen molar-refractivity contribution in [2.24, 2.45) is 0 Å². The highest BCUT2D eigenvalue weighted by Gasteiger charge is 2.20. The fourth-order valence-corrected chi connectivity index (χ4v) is 4.66. The molecule has 0 N–H and O–H groups in total. The molecule has 6 rings (SSSR count). The summed E-state index contributed by atoms with van der Waals surface area (Å²) in [7, 11) is 0. The van der Waals surface area contributed by atoms with E-state index >= 15 is 0 Å². The van der Waals surface area contributed by atoms with Crippen LogP contribution >= 0.6 is 0 Å². The van der Waals surface area contributed by atoms with Crippen molar-refractivity contribution in [1.29, 1.82) is 0 Å². The third-order valence-electron chi connectivity index (χ3n) is 5.95. The van der Waals surface area contributed by atoms with Crippen LogP contribution in [0.15, 0.2) is 97.1 Å². The molecule has 142 valence electrons. The lowest BCUT2D eigenvalue weighted by atomic mass is 9.84. The number of halogens is 2. The molecule has 0 fully saturated rings. The molecule has 2 heteroatoms. The van der Waals surface area contributed by atoms with Crippen LogP contribution in [0.1, 0.15) is 0 Å². The third-order valence-corrected chi connectivity index (χ3v) is 5.95. The Morgan fingerprint density at radius 2 is 1.03 bits per heavy atom. The molecule has 0 radical (unpaired) electrons. The summed E-state index contributed by atoms with van der Waals surface area (Å²) < 4.78 is 29.9. The van der Waals surface area contributed by atoms with E-state index in [1.807, 2.05) is 30.3 Å². The highest BCUT2D eigenvalue weighted by molar-refractivity contribution is 6.27. The van der Waals surface area contributed by atoms with Crippen LogP contribution in [0.3, 0.4) is 0 Å². The van der Waals surface area contributed by atoms with Crippen molar-refractivity contribution >= 4 is 32.3 Å². The van der Waals surface area contributed by atoms with E-state index in [0.29, 0.717) is 16.7 Å². The molecule has 0 unspecified atom stereocenters. The van der Waals surface area contributed by atoms with Crippen LogP contribution in [0, 0.1) is 11.6 Å². The summed E-state index contributed by atoms with van der Waals surface area (Å²) in [5, 5.41) is 6.48. The van der Waals surface area contributed by atoms with E-state index in [0.717, 1.165) is 37.9 Å². The number of benzene rings is 6. The van der Waals surface area contributed by atoms with Crippen molar-refractivity contribution in [2.45, 2.75) is 0 Å². The van der Waals surface area contributed by atoms with E-state index in [-0.39, 0.29) is 11.6 Å². The highest BCUT2D eigenvalue weighted by Crippen LogP contribution is 2.45. The molecule has 30 heavy (non-hydrogen) atoms. The summed E-state index contributed by atoms with van der Waals surface area (Å²) in [5.41, 5.74) is 2.38. The average molecular weight is 390 g/mol. The van der Waals surface area contributed by atoms with Crippen LogP contribution < -0.4 is 0 Å². The van der Waals surface area contributed by atoms with Crippen LogP contribution in [0.2, 0.25) is 0 Å². The Morgan fingerprint density at radius 3 is 1.73 bits per heavy atom. The molecule has 0 atom stereocenters.